The van der Waals surface area contributed by atoms with Crippen LogP contribution in [-0.4, -0.2) is 105 Å². The van der Waals surface area contributed by atoms with Gasteiger partial charge >= 0.3 is 0 Å². The zero-order valence-electron chi connectivity index (χ0n) is 11.9. The van der Waals surface area contributed by atoms with Gasteiger partial charge in [-0.25, -0.2) is 0 Å². The maximum Gasteiger partial charge on any atom is 0.187 e. The Kier molecular flexibility index (Phi) is 6.42. The summed E-state index contributed by atoms with van der Waals surface area (Å²) in [6.07, 6.45) is -9.81. The monoisotopic (exact) mass is 342 g/mol. The third kappa shape index (κ3) is 3.56. The van der Waals surface area contributed by atoms with E-state index in [-0.39, 0.29) is 0 Å². The second-order valence-electron chi connectivity index (χ2n) is 5.31. The molecule has 2 rings (SSSR count). The summed E-state index contributed by atoms with van der Waals surface area (Å²) in [6.45, 7) is -0.584. The van der Waals surface area contributed by atoms with Crippen molar-refractivity contribution in [3.8, 4) is 0 Å². The van der Waals surface area contributed by atoms with Gasteiger partial charge in [-0.1, -0.05) is 0 Å². The topological polar surface area (TPSA) is 149 Å². The maximum atomic E-state index is 9.96. The lowest BCUT2D eigenvalue weighted by Crippen LogP contribution is -2.60. The van der Waals surface area contributed by atoms with Gasteiger partial charge in [0.1, 0.15) is 36.6 Å². The number of aliphatic hydroxyl groups is 6. The van der Waals surface area contributed by atoms with E-state index < -0.39 is 61.9 Å². The quantitative estimate of drug-likeness (QED) is 0.299. The summed E-state index contributed by atoms with van der Waals surface area (Å²) in [5.41, 5.74) is 0. The molecule has 2 saturated heterocycles. The normalized spacial score (nSPS) is 49.5. The van der Waals surface area contributed by atoms with Crippen LogP contribution in [0.25, 0.3) is 0 Å². The molecule has 0 unspecified atom stereocenters. The van der Waals surface area contributed by atoms with Crippen LogP contribution in [-0.2, 0) is 14.2 Å². The molecule has 9 nitrogen and oxygen atoms in total. The van der Waals surface area contributed by atoms with Gasteiger partial charge in [0.2, 0.25) is 0 Å². The molecule has 22 heavy (non-hydrogen) atoms. The Bertz CT molecular complexity index is 359. The molecule has 2 aliphatic rings. The van der Waals surface area contributed by atoms with E-state index in [4.69, 9.17) is 19.3 Å². The number of aliphatic hydroxyl groups excluding tert-OH is 6. The van der Waals surface area contributed by atoms with Crippen LogP contribution in [0.1, 0.15) is 0 Å². The molecule has 10 heteroatoms. The van der Waals surface area contributed by atoms with Crippen LogP contribution in [0.2, 0.25) is 0 Å². The van der Waals surface area contributed by atoms with Gasteiger partial charge in [-0.15, -0.1) is 0 Å². The van der Waals surface area contributed by atoms with Gasteiger partial charge in [-0.3, -0.25) is 0 Å². The summed E-state index contributed by atoms with van der Waals surface area (Å²) < 4.78 is 15.6. The van der Waals surface area contributed by atoms with E-state index in [2.05, 4.69) is 0 Å². The molecule has 0 aromatic heterocycles. The predicted octanol–water partition coefficient (Wildman–Crippen LogP) is -3.39. The third-order valence-electron chi connectivity index (χ3n) is 3.78. The molecule has 9 atom stereocenters. The fourth-order valence-electron chi connectivity index (χ4n) is 2.50. The summed E-state index contributed by atoms with van der Waals surface area (Å²) in [5, 5.41) is 58.3. The van der Waals surface area contributed by atoms with Gasteiger partial charge in [0.05, 0.1) is 12.7 Å². The van der Waals surface area contributed by atoms with E-state index in [9.17, 15) is 25.5 Å². The Hall–Kier alpha value is -0.0100. The minimum Gasteiger partial charge on any atom is -0.394 e. The highest BCUT2D eigenvalue weighted by Gasteiger charge is 2.49. The van der Waals surface area contributed by atoms with E-state index >= 15 is 0 Å². The van der Waals surface area contributed by atoms with Gasteiger partial charge in [0, 0.05) is 5.75 Å². The minimum absolute atomic E-state index is 0.430. The average molecular weight is 342 g/mol. The molecule has 0 aromatic carbocycles. The Morgan fingerprint density at radius 1 is 0.909 bits per heavy atom. The first-order valence-corrected chi connectivity index (χ1v) is 8.26. The number of hydrogen-bond donors (Lipinski definition) is 6. The fraction of sp³-hybridized carbons (Fsp3) is 1.00. The molecule has 0 saturated carbocycles. The Labute approximate surface area is 131 Å². The van der Waals surface area contributed by atoms with E-state index in [0.29, 0.717) is 5.75 Å². The molecule has 130 valence electrons. The molecule has 0 aromatic rings. The van der Waals surface area contributed by atoms with Gasteiger partial charge in [-0.2, -0.15) is 11.8 Å². The Balaban J connectivity index is 2.00. The average Bonchev–Trinajstić information content (AvgIpc) is 2.76. The van der Waals surface area contributed by atoms with Gasteiger partial charge in [0.25, 0.3) is 0 Å². The van der Waals surface area contributed by atoms with Gasteiger partial charge < -0.3 is 44.8 Å². The zero-order chi connectivity index (χ0) is 16.4. The lowest BCUT2D eigenvalue weighted by atomic mass is 9.99. The van der Waals surface area contributed by atoms with Crippen LogP contribution in [0, 0.1) is 0 Å². The SMILES string of the molecule is CSC[C@H]1O[C@H](O[C@H]2[C@@H](O)[C@H](O)[C@@H](CO)O[C@@H]2O)[C@H](O)[C@H]1O. The number of ether oxygens (including phenoxy) is 3. The summed E-state index contributed by atoms with van der Waals surface area (Å²) >= 11 is 1.41. The van der Waals surface area contributed by atoms with Crippen molar-refractivity contribution in [2.24, 2.45) is 0 Å². The van der Waals surface area contributed by atoms with Crippen molar-refractivity contribution in [2.75, 3.05) is 18.6 Å². The highest BCUT2D eigenvalue weighted by atomic mass is 32.2. The lowest BCUT2D eigenvalue weighted by Gasteiger charge is -2.40. The molecule has 0 amide bonds. The Morgan fingerprint density at radius 2 is 1.55 bits per heavy atom. The van der Waals surface area contributed by atoms with Gasteiger partial charge in [-0.05, 0) is 6.26 Å². The molecule has 0 bridgehead atoms. The highest BCUT2D eigenvalue weighted by Crippen LogP contribution is 2.29. The number of rotatable bonds is 5. The third-order valence-corrected chi connectivity index (χ3v) is 4.45. The molecule has 2 heterocycles. The van der Waals surface area contributed by atoms with E-state index in [1.807, 2.05) is 6.26 Å². The van der Waals surface area contributed by atoms with Crippen LogP contribution in [0.4, 0.5) is 0 Å². The summed E-state index contributed by atoms with van der Waals surface area (Å²) in [6, 6.07) is 0. The number of hydrogen-bond acceptors (Lipinski definition) is 10. The standard InChI is InChI=1S/C12H22O9S/c1-22-3-5-7(15)9(17)12(20-5)21-10-8(16)6(14)4(2-13)19-11(10)18/h4-18H,2-3H2,1H3/t4-,5-,6-,7+,8+,9-,10+,11+,12-/m1/s1. The van der Waals surface area contributed by atoms with Crippen molar-refractivity contribution in [3.63, 3.8) is 0 Å². The molecule has 6 N–H and O–H groups in total. The first kappa shape index (κ1) is 18.3. The molecule has 0 aliphatic carbocycles. The first-order chi connectivity index (χ1) is 10.4. The molecule has 2 aliphatic heterocycles. The molecule has 0 spiro atoms. The van der Waals surface area contributed by atoms with Crippen LogP contribution in [0.5, 0.6) is 0 Å². The zero-order valence-corrected chi connectivity index (χ0v) is 12.7. The van der Waals surface area contributed by atoms with Crippen LogP contribution >= 0.6 is 11.8 Å². The smallest absolute Gasteiger partial charge is 0.187 e. The highest BCUT2D eigenvalue weighted by molar-refractivity contribution is 7.98. The van der Waals surface area contributed by atoms with Crippen molar-refractivity contribution < 1.29 is 44.8 Å². The van der Waals surface area contributed by atoms with Crippen molar-refractivity contribution in [2.45, 2.75) is 55.3 Å². The first-order valence-electron chi connectivity index (χ1n) is 6.87. The molecule has 0 radical (unpaired) electrons. The Morgan fingerprint density at radius 3 is 2.14 bits per heavy atom. The van der Waals surface area contributed by atoms with Crippen molar-refractivity contribution in [1.29, 1.82) is 0 Å². The van der Waals surface area contributed by atoms with E-state index in [0.717, 1.165) is 0 Å². The summed E-state index contributed by atoms with van der Waals surface area (Å²) in [5.74, 6) is 0.430. The van der Waals surface area contributed by atoms with Gasteiger partial charge in [0.15, 0.2) is 12.6 Å². The summed E-state index contributed by atoms with van der Waals surface area (Å²) in [4.78, 5) is 0. The van der Waals surface area contributed by atoms with E-state index in [1.165, 1.54) is 11.8 Å². The molecular weight excluding hydrogens is 320 g/mol. The molecule has 2 fully saturated rings. The number of thioether (sulfide) groups is 1. The predicted molar refractivity (Wildman–Crippen MR) is 73.9 cm³/mol. The summed E-state index contributed by atoms with van der Waals surface area (Å²) in [7, 11) is 0. The second-order valence-corrected chi connectivity index (χ2v) is 6.22. The van der Waals surface area contributed by atoms with E-state index in [1.54, 1.807) is 0 Å². The van der Waals surface area contributed by atoms with Crippen LogP contribution in [0.15, 0.2) is 0 Å². The van der Waals surface area contributed by atoms with Crippen LogP contribution in [0.3, 0.4) is 0 Å². The van der Waals surface area contributed by atoms with Crippen LogP contribution < -0.4 is 0 Å². The largest absolute Gasteiger partial charge is 0.394 e. The fourth-order valence-corrected chi connectivity index (χ4v) is 3.11. The van der Waals surface area contributed by atoms with Crippen molar-refractivity contribution in [3.05, 3.63) is 0 Å². The lowest BCUT2D eigenvalue weighted by molar-refractivity contribution is -0.326. The minimum atomic E-state index is -1.62. The molecular formula is C12H22O9S. The van der Waals surface area contributed by atoms with Crippen molar-refractivity contribution in [1.82, 2.24) is 0 Å². The maximum absolute atomic E-state index is 9.96. The second kappa shape index (κ2) is 7.71. The van der Waals surface area contributed by atoms with Crippen molar-refractivity contribution >= 4 is 11.8 Å².